The van der Waals surface area contributed by atoms with Gasteiger partial charge in [0, 0.05) is 10.7 Å². The number of thioether (sulfide) groups is 1. The molecule has 0 heterocycles. The fraction of sp³-hybridized carbons (Fsp3) is 0.176. The zero-order valence-electron chi connectivity index (χ0n) is 12.8. The van der Waals surface area contributed by atoms with Crippen molar-refractivity contribution in [3.63, 3.8) is 0 Å². The number of hydrogen-bond donors (Lipinski definition) is 1. The van der Waals surface area contributed by atoms with Crippen molar-refractivity contribution >= 4 is 52.5 Å². The minimum Gasteiger partial charge on any atom is -0.424 e. The normalized spacial score (nSPS) is 10.3. The summed E-state index contributed by atoms with van der Waals surface area (Å²) in [6.07, 6.45) is 0. The molecule has 0 radical (unpaired) electrons. The SMILES string of the molecule is Cc1ccc(NC(=O)CSCC(=O)Oc2ccc(Cl)cc2Cl)cc1. The van der Waals surface area contributed by atoms with Crippen LogP contribution in [0.25, 0.3) is 0 Å². The van der Waals surface area contributed by atoms with Crippen LogP contribution in [0.5, 0.6) is 5.75 Å². The predicted octanol–water partition coefficient (Wildman–Crippen LogP) is 4.58. The molecule has 24 heavy (non-hydrogen) atoms. The fourth-order valence-corrected chi connectivity index (χ4v) is 2.80. The third kappa shape index (κ3) is 6.07. The molecule has 0 unspecified atom stereocenters. The van der Waals surface area contributed by atoms with E-state index in [9.17, 15) is 9.59 Å². The summed E-state index contributed by atoms with van der Waals surface area (Å²) in [5.41, 5.74) is 1.84. The Balaban J connectivity index is 1.73. The molecule has 0 bridgehead atoms. The monoisotopic (exact) mass is 383 g/mol. The maximum Gasteiger partial charge on any atom is 0.321 e. The van der Waals surface area contributed by atoms with E-state index in [1.165, 1.54) is 12.1 Å². The summed E-state index contributed by atoms with van der Waals surface area (Å²) in [4.78, 5) is 23.6. The van der Waals surface area contributed by atoms with Gasteiger partial charge in [-0.3, -0.25) is 9.59 Å². The van der Waals surface area contributed by atoms with Gasteiger partial charge in [0.25, 0.3) is 0 Å². The topological polar surface area (TPSA) is 55.4 Å². The lowest BCUT2D eigenvalue weighted by molar-refractivity contribution is -0.131. The van der Waals surface area contributed by atoms with Crippen LogP contribution in [0.15, 0.2) is 42.5 Å². The van der Waals surface area contributed by atoms with Crippen LogP contribution in [0.2, 0.25) is 10.0 Å². The molecule has 0 spiro atoms. The first kappa shape index (κ1) is 18.6. The number of aryl methyl sites for hydroxylation is 1. The standard InChI is InChI=1S/C17H15Cl2NO3S/c1-11-2-5-13(6-3-11)20-16(21)9-24-10-17(22)23-15-7-4-12(18)8-14(15)19/h2-8H,9-10H2,1H3,(H,20,21). The number of anilines is 1. The Morgan fingerprint density at radius 3 is 2.46 bits per heavy atom. The van der Waals surface area contributed by atoms with E-state index >= 15 is 0 Å². The van der Waals surface area contributed by atoms with Crippen LogP contribution in [-0.4, -0.2) is 23.4 Å². The van der Waals surface area contributed by atoms with Gasteiger partial charge in [0.2, 0.25) is 5.91 Å². The molecule has 7 heteroatoms. The van der Waals surface area contributed by atoms with Crippen LogP contribution in [0.1, 0.15) is 5.56 Å². The number of hydrogen-bond acceptors (Lipinski definition) is 4. The Kier molecular flexibility index (Phi) is 6.97. The number of ether oxygens (including phenoxy) is 1. The van der Waals surface area contributed by atoms with Crippen molar-refractivity contribution in [1.29, 1.82) is 0 Å². The van der Waals surface area contributed by atoms with E-state index in [-0.39, 0.29) is 28.2 Å². The highest BCUT2D eigenvalue weighted by molar-refractivity contribution is 8.00. The first-order valence-electron chi connectivity index (χ1n) is 7.04. The maximum absolute atomic E-state index is 11.8. The second-order valence-electron chi connectivity index (χ2n) is 4.96. The minimum absolute atomic E-state index is 0.0419. The summed E-state index contributed by atoms with van der Waals surface area (Å²) in [6, 6.07) is 12.1. The molecule has 0 saturated carbocycles. The summed E-state index contributed by atoms with van der Waals surface area (Å²) in [5, 5.41) is 3.48. The highest BCUT2D eigenvalue weighted by atomic mass is 35.5. The average molecular weight is 384 g/mol. The van der Waals surface area contributed by atoms with Crippen molar-refractivity contribution in [3.05, 3.63) is 58.1 Å². The summed E-state index contributed by atoms with van der Waals surface area (Å²) in [6.45, 7) is 1.97. The lowest BCUT2D eigenvalue weighted by Gasteiger charge is -2.07. The Morgan fingerprint density at radius 2 is 1.79 bits per heavy atom. The lowest BCUT2D eigenvalue weighted by Crippen LogP contribution is -2.17. The Hall–Kier alpha value is -1.69. The molecule has 0 aliphatic rings. The number of carbonyl (C=O) groups excluding carboxylic acids is 2. The largest absolute Gasteiger partial charge is 0.424 e. The van der Waals surface area contributed by atoms with Crippen LogP contribution >= 0.6 is 35.0 Å². The molecule has 0 aliphatic carbocycles. The van der Waals surface area contributed by atoms with Gasteiger partial charge >= 0.3 is 5.97 Å². The first-order valence-corrected chi connectivity index (χ1v) is 8.95. The fourth-order valence-electron chi connectivity index (χ4n) is 1.77. The van der Waals surface area contributed by atoms with Gasteiger partial charge in [-0.25, -0.2) is 0 Å². The Bertz CT molecular complexity index is 735. The van der Waals surface area contributed by atoms with Gasteiger partial charge in [0.15, 0.2) is 0 Å². The number of carbonyl (C=O) groups is 2. The van der Waals surface area contributed by atoms with Crippen molar-refractivity contribution in [2.75, 3.05) is 16.8 Å². The van der Waals surface area contributed by atoms with Gasteiger partial charge in [-0.2, -0.15) is 0 Å². The smallest absolute Gasteiger partial charge is 0.321 e. The number of nitrogens with one attached hydrogen (secondary N) is 1. The van der Waals surface area contributed by atoms with Crippen molar-refractivity contribution in [2.45, 2.75) is 6.92 Å². The summed E-state index contributed by atoms with van der Waals surface area (Å²) < 4.78 is 5.13. The van der Waals surface area contributed by atoms with Gasteiger partial charge in [-0.05, 0) is 37.3 Å². The van der Waals surface area contributed by atoms with Gasteiger partial charge in [-0.15, -0.1) is 11.8 Å². The van der Waals surface area contributed by atoms with Crippen molar-refractivity contribution < 1.29 is 14.3 Å². The van der Waals surface area contributed by atoms with Crippen molar-refractivity contribution in [3.8, 4) is 5.75 Å². The highest BCUT2D eigenvalue weighted by Crippen LogP contribution is 2.27. The lowest BCUT2D eigenvalue weighted by atomic mass is 10.2. The molecule has 126 valence electrons. The summed E-state index contributed by atoms with van der Waals surface area (Å²) in [7, 11) is 0. The van der Waals surface area contributed by atoms with Crippen LogP contribution in [0.4, 0.5) is 5.69 Å². The third-order valence-electron chi connectivity index (χ3n) is 2.91. The zero-order valence-corrected chi connectivity index (χ0v) is 15.2. The molecule has 4 nitrogen and oxygen atoms in total. The van der Waals surface area contributed by atoms with E-state index in [1.54, 1.807) is 6.07 Å². The number of amides is 1. The summed E-state index contributed by atoms with van der Waals surface area (Å²) >= 11 is 12.9. The molecule has 0 aromatic heterocycles. The van der Waals surface area contributed by atoms with Gasteiger partial charge in [-0.1, -0.05) is 40.9 Å². The average Bonchev–Trinajstić information content (AvgIpc) is 2.52. The number of rotatable bonds is 6. The Labute approximate surface area is 154 Å². The molecule has 0 saturated heterocycles. The van der Waals surface area contributed by atoms with E-state index < -0.39 is 5.97 Å². The zero-order chi connectivity index (χ0) is 17.5. The van der Waals surface area contributed by atoms with Crippen LogP contribution in [0, 0.1) is 6.92 Å². The summed E-state index contributed by atoms with van der Waals surface area (Å²) in [5.74, 6) is -0.221. The van der Waals surface area contributed by atoms with E-state index in [1.807, 2.05) is 31.2 Å². The second-order valence-corrected chi connectivity index (χ2v) is 6.79. The molecule has 1 amide bonds. The van der Waals surface area contributed by atoms with Crippen LogP contribution in [0.3, 0.4) is 0 Å². The molecular formula is C17H15Cl2NO3S. The predicted molar refractivity (Wildman–Crippen MR) is 99.2 cm³/mol. The van der Waals surface area contributed by atoms with Gasteiger partial charge in [0.05, 0.1) is 16.5 Å². The molecular weight excluding hydrogens is 369 g/mol. The number of esters is 1. The highest BCUT2D eigenvalue weighted by Gasteiger charge is 2.10. The minimum atomic E-state index is -0.479. The molecule has 2 rings (SSSR count). The van der Waals surface area contributed by atoms with Gasteiger partial charge in [0.1, 0.15) is 5.75 Å². The molecule has 0 fully saturated rings. The molecule has 0 aliphatic heterocycles. The van der Waals surface area contributed by atoms with Crippen LogP contribution in [-0.2, 0) is 9.59 Å². The number of benzene rings is 2. The van der Waals surface area contributed by atoms with Crippen molar-refractivity contribution in [1.82, 2.24) is 0 Å². The van der Waals surface area contributed by atoms with Gasteiger partial charge < -0.3 is 10.1 Å². The van der Waals surface area contributed by atoms with E-state index in [4.69, 9.17) is 27.9 Å². The molecule has 2 aromatic rings. The van der Waals surface area contributed by atoms with E-state index in [0.717, 1.165) is 23.0 Å². The van der Waals surface area contributed by atoms with Crippen LogP contribution < -0.4 is 10.1 Å². The van der Waals surface area contributed by atoms with E-state index in [0.29, 0.717) is 5.02 Å². The quantitative estimate of drug-likeness (QED) is 0.585. The number of halogens is 2. The van der Waals surface area contributed by atoms with Crippen molar-refractivity contribution in [2.24, 2.45) is 0 Å². The molecule has 0 atom stereocenters. The maximum atomic E-state index is 11.8. The molecule has 2 aromatic carbocycles. The third-order valence-corrected chi connectivity index (χ3v) is 4.34. The van der Waals surface area contributed by atoms with E-state index in [2.05, 4.69) is 5.32 Å². The molecule has 1 N–H and O–H groups in total. The second kappa shape index (κ2) is 8.97. The Morgan fingerprint density at radius 1 is 1.08 bits per heavy atom. The first-order chi connectivity index (χ1) is 11.4.